The summed E-state index contributed by atoms with van der Waals surface area (Å²) in [7, 11) is 0. The molecule has 2 aliphatic heterocycles. The van der Waals surface area contributed by atoms with E-state index in [0.29, 0.717) is 6.04 Å². The molecule has 0 radical (unpaired) electrons. The summed E-state index contributed by atoms with van der Waals surface area (Å²) in [5.41, 5.74) is 1.91. The van der Waals surface area contributed by atoms with Gasteiger partial charge in [-0.3, -0.25) is 4.98 Å². The normalized spacial score (nSPS) is 22.7. The van der Waals surface area contributed by atoms with Crippen LogP contribution in [0.3, 0.4) is 0 Å². The summed E-state index contributed by atoms with van der Waals surface area (Å²) in [6.07, 6.45) is 6.23. The predicted octanol–water partition coefficient (Wildman–Crippen LogP) is 3.89. The first-order valence-corrected chi connectivity index (χ1v) is 9.93. The van der Waals surface area contributed by atoms with E-state index in [-0.39, 0.29) is 0 Å². The van der Waals surface area contributed by atoms with Gasteiger partial charge in [0, 0.05) is 25.8 Å². The molecule has 2 saturated heterocycles. The second-order valence-electron chi connectivity index (χ2n) is 7.07. The van der Waals surface area contributed by atoms with Gasteiger partial charge in [-0.1, -0.05) is 12.1 Å². The van der Waals surface area contributed by atoms with Crippen LogP contribution in [-0.4, -0.2) is 40.6 Å². The van der Waals surface area contributed by atoms with Crippen molar-refractivity contribution in [2.75, 3.05) is 29.4 Å². The van der Waals surface area contributed by atoms with Crippen LogP contribution < -0.4 is 9.80 Å². The van der Waals surface area contributed by atoms with Gasteiger partial charge in [0.2, 0.25) is 0 Å². The number of rotatable bonds is 2. The zero-order valence-electron chi connectivity index (χ0n) is 14.4. The molecule has 0 amide bonds. The number of pyridine rings is 1. The Morgan fingerprint density at radius 1 is 0.962 bits per heavy atom. The van der Waals surface area contributed by atoms with Gasteiger partial charge in [0.05, 0.1) is 27.7 Å². The molecule has 2 aliphatic rings. The Hall–Kier alpha value is -2.21. The number of para-hydroxylation sites is 2. The largest absolute Gasteiger partial charge is 0.353 e. The van der Waals surface area contributed by atoms with Crippen LogP contribution in [0.2, 0.25) is 0 Å². The summed E-state index contributed by atoms with van der Waals surface area (Å²) in [5.74, 6) is 2.77. The molecule has 6 heteroatoms. The van der Waals surface area contributed by atoms with E-state index in [1.807, 2.05) is 42.7 Å². The third-order valence-corrected chi connectivity index (χ3v) is 6.25. The van der Waals surface area contributed by atoms with Crippen molar-refractivity contribution in [2.24, 2.45) is 5.92 Å². The second kappa shape index (κ2) is 6.50. The van der Waals surface area contributed by atoms with Crippen molar-refractivity contribution < 1.29 is 0 Å². The average Bonchev–Trinajstić information content (AvgIpc) is 3.11. The minimum Gasteiger partial charge on any atom is -0.353 e. The number of hydrogen-bond acceptors (Lipinski definition) is 5. The van der Waals surface area contributed by atoms with Crippen LogP contribution >= 0.6 is 15.9 Å². The van der Waals surface area contributed by atoms with Crippen molar-refractivity contribution in [1.82, 2.24) is 15.0 Å². The molecule has 3 aromatic rings. The molecule has 132 valence electrons. The van der Waals surface area contributed by atoms with Crippen molar-refractivity contribution >= 4 is 38.6 Å². The Kier molecular flexibility index (Phi) is 4.00. The molecule has 4 heterocycles. The van der Waals surface area contributed by atoms with Gasteiger partial charge >= 0.3 is 0 Å². The van der Waals surface area contributed by atoms with Gasteiger partial charge in [-0.15, -0.1) is 0 Å². The lowest BCUT2D eigenvalue weighted by atomic mass is 9.92. The summed E-state index contributed by atoms with van der Waals surface area (Å²) in [5, 5.41) is 0. The summed E-state index contributed by atoms with van der Waals surface area (Å²) >= 11 is 3.67. The highest BCUT2D eigenvalue weighted by atomic mass is 79.9. The van der Waals surface area contributed by atoms with Gasteiger partial charge < -0.3 is 9.80 Å². The number of fused-ring (bicyclic) bond motifs is 2. The second-order valence-corrected chi connectivity index (χ2v) is 7.92. The smallest absolute Gasteiger partial charge is 0.147 e. The summed E-state index contributed by atoms with van der Waals surface area (Å²) in [6.45, 7) is 3.09. The van der Waals surface area contributed by atoms with Crippen LogP contribution in [0.5, 0.6) is 0 Å². The maximum absolute atomic E-state index is 4.85. The van der Waals surface area contributed by atoms with E-state index >= 15 is 0 Å². The van der Waals surface area contributed by atoms with Crippen molar-refractivity contribution in [3.05, 3.63) is 53.3 Å². The summed E-state index contributed by atoms with van der Waals surface area (Å²) < 4.78 is 1.07. The standard InChI is InChI=1S/C20H20BrN5/c21-15-4-3-9-22-20(15)26-11-8-14-7-10-25(13-18(14)26)19-12-23-16-5-1-2-6-17(16)24-19/h1-6,9,12,14,18H,7-8,10-11,13H2. The number of benzene rings is 1. The van der Waals surface area contributed by atoms with Gasteiger partial charge in [-0.25, -0.2) is 9.97 Å². The molecule has 1 aromatic carbocycles. The van der Waals surface area contributed by atoms with Gasteiger partial charge in [-0.05, 0) is 59.0 Å². The van der Waals surface area contributed by atoms with Crippen molar-refractivity contribution in [2.45, 2.75) is 18.9 Å². The van der Waals surface area contributed by atoms with Gasteiger partial charge in [-0.2, -0.15) is 0 Å². The average molecular weight is 410 g/mol. The maximum atomic E-state index is 4.85. The van der Waals surface area contributed by atoms with Crippen LogP contribution in [0.4, 0.5) is 11.6 Å². The summed E-state index contributed by atoms with van der Waals surface area (Å²) in [4.78, 5) is 18.9. The quantitative estimate of drug-likeness (QED) is 0.642. The number of nitrogens with zero attached hydrogens (tertiary/aromatic N) is 5. The topological polar surface area (TPSA) is 45.2 Å². The van der Waals surface area contributed by atoms with E-state index in [1.54, 1.807) is 0 Å². The molecule has 2 atom stereocenters. The Labute approximate surface area is 161 Å². The molecule has 2 aromatic heterocycles. The molecule has 0 saturated carbocycles. The van der Waals surface area contributed by atoms with E-state index in [0.717, 1.165) is 52.7 Å². The Morgan fingerprint density at radius 3 is 2.69 bits per heavy atom. The van der Waals surface area contributed by atoms with E-state index in [9.17, 15) is 0 Å². The number of piperidine rings is 1. The molecule has 5 rings (SSSR count). The molecule has 0 N–H and O–H groups in total. The van der Waals surface area contributed by atoms with Crippen molar-refractivity contribution in [3.63, 3.8) is 0 Å². The molecule has 2 fully saturated rings. The van der Waals surface area contributed by atoms with E-state index in [4.69, 9.17) is 4.98 Å². The predicted molar refractivity (Wildman–Crippen MR) is 108 cm³/mol. The number of halogens is 1. The third-order valence-electron chi connectivity index (χ3n) is 5.63. The fourth-order valence-electron chi connectivity index (χ4n) is 4.30. The Bertz CT molecular complexity index is 946. The zero-order valence-corrected chi connectivity index (χ0v) is 16.0. The lowest BCUT2D eigenvalue weighted by Gasteiger charge is -2.39. The Balaban J connectivity index is 1.43. The Morgan fingerprint density at radius 2 is 1.81 bits per heavy atom. The van der Waals surface area contributed by atoms with Crippen LogP contribution in [0, 0.1) is 5.92 Å². The van der Waals surface area contributed by atoms with Crippen LogP contribution in [-0.2, 0) is 0 Å². The summed E-state index contributed by atoms with van der Waals surface area (Å²) in [6, 6.07) is 12.6. The first-order chi connectivity index (χ1) is 12.8. The first-order valence-electron chi connectivity index (χ1n) is 9.13. The van der Waals surface area contributed by atoms with E-state index in [2.05, 4.69) is 41.8 Å². The molecule has 0 aliphatic carbocycles. The third kappa shape index (κ3) is 2.72. The molecular formula is C20H20BrN5. The molecule has 0 spiro atoms. The molecular weight excluding hydrogens is 390 g/mol. The van der Waals surface area contributed by atoms with Gasteiger partial charge in [0.1, 0.15) is 11.6 Å². The fourth-order valence-corrected chi connectivity index (χ4v) is 4.78. The first kappa shape index (κ1) is 16.0. The SMILES string of the molecule is Brc1cccnc1N1CCC2CCN(c3cnc4ccccc4n3)CC21. The molecule has 26 heavy (non-hydrogen) atoms. The van der Waals surface area contributed by atoms with Crippen LogP contribution in [0.1, 0.15) is 12.8 Å². The van der Waals surface area contributed by atoms with Crippen LogP contribution in [0.25, 0.3) is 11.0 Å². The van der Waals surface area contributed by atoms with E-state index in [1.165, 1.54) is 12.8 Å². The lowest BCUT2D eigenvalue weighted by molar-refractivity contribution is 0.388. The van der Waals surface area contributed by atoms with Crippen molar-refractivity contribution in [1.29, 1.82) is 0 Å². The van der Waals surface area contributed by atoms with Gasteiger partial charge in [0.25, 0.3) is 0 Å². The highest BCUT2D eigenvalue weighted by Crippen LogP contribution is 2.37. The lowest BCUT2D eigenvalue weighted by Crippen LogP contribution is -2.49. The van der Waals surface area contributed by atoms with E-state index < -0.39 is 0 Å². The van der Waals surface area contributed by atoms with Gasteiger partial charge in [0.15, 0.2) is 0 Å². The van der Waals surface area contributed by atoms with Crippen LogP contribution in [0.15, 0.2) is 53.3 Å². The number of anilines is 2. The van der Waals surface area contributed by atoms with Crippen molar-refractivity contribution in [3.8, 4) is 0 Å². The molecule has 2 unspecified atom stereocenters. The highest BCUT2D eigenvalue weighted by Gasteiger charge is 2.39. The molecule has 5 nitrogen and oxygen atoms in total. The number of aromatic nitrogens is 3. The minimum atomic E-state index is 0.475. The zero-order chi connectivity index (χ0) is 17.5. The maximum Gasteiger partial charge on any atom is 0.147 e. The molecule has 0 bridgehead atoms. The monoisotopic (exact) mass is 409 g/mol. The number of hydrogen-bond donors (Lipinski definition) is 0. The highest BCUT2D eigenvalue weighted by molar-refractivity contribution is 9.10. The fraction of sp³-hybridized carbons (Fsp3) is 0.350. The minimum absolute atomic E-state index is 0.475.